The van der Waals surface area contributed by atoms with Crippen molar-refractivity contribution >= 4 is 23.2 Å². The normalized spacial score (nSPS) is 10.1. The summed E-state index contributed by atoms with van der Waals surface area (Å²) in [5.74, 6) is -1.53. The summed E-state index contributed by atoms with van der Waals surface area (Å²) in [4.78, 5) is 33.0. The van der Waals surface area contributed by atoms with Gasteiger partial charge in [-0.05, 0) is 23.8 Å². The molecule has 124 valence electrons. The quantitative estimate of drug-likeness (QED) is 0.649. The van der Waals surface area contributed by atoms with Gasteiger partial charge in [-0.1, -0.05) is 12.1 Å². The lowest BCUT2D eigenvalue weighted by molar-refractivity contribution is -0.384. The summed E-state index contributed by atoms with van der Waals surface area (Å²) in [6.45, 7) is 1.73. The van der Waals surface area contributed by atoms with E-state index in [1.54, 1.807) is 12.1 Å². The third-order valence-electron chi connectivity index (χ3n) is 3.17. The van der Waals surface area contributed by atoms with Crippen molar-refractivity contribution in [3.8, 4) is 0 Å². The third kappa shape index (κ3) is 4.35. The number of benzene rings is 2. The first kappa shape index (κ1) is 17.1. The number of nitrogens with zero attached hydrogens (tertiary/aromatic N) is 1. The number of halogens is 1. The summed E-state index contributed by atoms with van der Waals surface area (Å²) in [6.07, 6.45) is 0. The number of hydrogen-bond donors (Lipinski definition) is 2. The fourth-order valence-electron chi connectivity index (χ4n) is 1.92. The number of non-ortho nitro benzene ring substituents is 1. The molecule has 8 heteroatoms. The maximum absolute atomic E-state index is 13.7. The van der Waals surface area contributed by atoms with Gasteiger partial charge < -0.3 is 10.6 Å². The van der Waals surface area contributed by atoms with Crippen LogP contribution in [0.1, 0.15) is 22.8 Å². The zero-order valence-electron chi connectivity index (χ0n) is 12.7. The molecule has 0 aliphatic heterocycles. The lowest BCUT2D eigenvalue weighted by Crippen LogP contribution is -2.19. The van der Waals surface area contributed by atoms with Crippen LogP contribution in [0, 0.1) is 15.9 Å². The van der Waals surface area contributed by atoms with E-state index in [1.807, 2.05) is 0 Å². The Bertz CT molecular complexity index is 790. The maximum Gasteiger partial charge on any atom is 0.271 e. The Morgan fingerprint density at radius 2 is 1.83 bits per heavy atom. The van der Waals surface area contributed by atoms with E-state index < -0.39 is 16.6 Å². The van der Waals surface area contributed by atoms with Crippen molar-refractivity contribution in [3.05, 3.63) is 69.5 Å². The van der Waals surface area contributed by atoms with Crippen molar-refractivity contribution in [2.75, 3.05) is 5.32 Å². The molecule has 2 rings (SSSR count). The Morgan fingerprint density at radius 3 is 2.42 bits per heavy atom. The third-order valence-corrected chi connectivity index (χ3v) is 3.17. The van der Waals surface area contributed by atoms with E-state index in [1.165, 1.54) is 19.1 Å². The van der Waals surface area contributed by atoms with E-state index in [9.17, 15) is 24.1 Å². The molecule has 0 radical (unpaired) electrons. The molecule has 2 aromatic rings. The molecule has 0 saturated heterocycles. The SMILES string of the molecule is CC(=O)NCc1ccc(C(=O)Nc2cc([N+](=O)[O-])ccc2F)cc1. The van der Waals surface area contributed by atoms with E-state index in [4.69, 9.17) is 0 Å². The molecule has 0 saturated carbocycles. The standard InChI is InChI=1S/C16H14FN3O4/c1-10(21)18-9-11-2-4-12(5-3-11)16(22)19-15-8-13(20(23)24)6-7-14(15)17/h2-8H,9H2,1H3,(H,18,21)(H,19,22). The summed E-state index contributed by atoms with van der Waals surface area (Å²) in [6, 6.07) is 9.22. The van der Waals surface area contributed by atoms with Gasteiger partial charge in [-0.2, -0.15) is 0 Å². The van der Waals surface area contributed by atoms with Gasteiger partial charge >= 0.3 is 0 Å². The number of hydrogen-bond acceptors (Lipinski definition) is 4. The van der Waals surface area contributed by atoms with Crippen molar-refractivity contribution in [1.29, 1.82) is 0 Å². The maximum atomic E-state index is 13.7. The van der Waals surface area contributed by atoms with Gasteiger partial charge in [0, 0.05) is 31.2 Å². The van der Waals surface area contributed by atoms with Crippen molar-refractivity contribution in [1.82, 2.24) is 5.32 Å². The van der Waals surface area contributed by atoms with Crippen LogP contribution >= 0.6 is 0 Å². The van der Waals surface area contributed by atoms with E-state index >= 15 is 0 Å². The molecule has 0 aliphatic carbocycles. The first-order chi connectivity index (χ1) is 11.4. The molecule has 0 aromatic heterocycles. The number of nitrogens with one attached hydrogen (secondary N) is 2. The van der Waals surface area contributed by atoms with Gasteiger partial charge in [0.15, 0.2) is 0 Å². The smallest absolute Gasteiger partial charge is 0.271 e. The zero-order chi connectivity index (χ0) is 17.7. The molecule has 0 unspecified atom stereocenters. The Balaban J connectivity index is 2.11. The number of nitro groups is 1. The molecule has 2 amide bonds. The lowest BCUT2D eigenvalue weighted by atomic mass is 10.1. The summed E-state index contributed by atoms with van der Waals surface area (Å²) >= 11 is 0. The van der Waals surface area contributed by atoms with Crippen LogP contribution in [-0.4, -0.2) is 16.7 Å². The molecular formula is C16H14FN3O4. The number of carbonyl (C=O) groups excluding carboxylic acids is 2. The number of rotatable bonds is 5. The average Bonchev–Trinajstić information content (AvgIpc) is 2.55. The van der Waals surface area contributed by atoms with E-state index in [2.05, 4.69) is 10.6 Å². The highest BCUT2D eigenvalue weighted by atomic mass is 19.1. The molecular weight excluding hydrogens is 317 g/mol. The van der Waals surface area contributed by atoms with Crippen molar-refractivity contribution in [2.24, 2.45) is 0 Å². The molecule has 0 aliphatic rings. The number of amides is 2. The van der Waals surface area contributed by atoms with Gasteiger partial charge in [0.05, 0.1) is 10.6 Å². The second-order valence-corrected chi connectivity index (χ2v) is 4.98. The van der Waals surface area contributed by atoms with Crippen LogP contribution in [0.15, 0.2) is 42.5 Å². The second kappa shape index (κ2) is 7.32. The minimum Gasteiger partial charge on any atom is -0.352 e. The zero-order valence-corrected chi connectivity index (χ0v) is 12.7. The molecule has 0 spiro atoms. The number of carbonyl (C=O) groups is 2. The fraction of sp³-hybridized carbons (Fsp3) is 0.125. The predicted octanol–water partition coefficient (Wildman–Crippen LogP) is 2.62. The van der Waals surface area contributed by atoms with E-state index in [-0.39, 0.29) is 22.8 Å². The first-order valence-corrected chi connectivity index (χ1v) is 6.95. The molecule has 0 heterocycles. The van der Waals surface area contributed by atoms with Crippen molar-refractivity contribution in [3.63, 3.8) is 0 Å². The van der Waals surface area contributed by atoms with Gasteiger partial charge in [-0.15, -0.1) is 0 Å². The topological polar surface area (TPSA) is 101 Å². The minimum atomic E-state index is -0.767. The summed E-state index contributed by atoms with van der Waals surface area (Å²) in [5, 5.41) is 15.6. The molecule has 2 aromatic carbocycles. The van der Waals surface area contributed by atoms with Crippen LogP contribution in [0.4, 0.5) is 15.8 Å². The Morgan fingerprint density at radius 1 is 1.17 bits per heavy atom. The highest BCUT2D eigenvalue weighted by Crippen LogP contribution is 2.21. The van der Waals surface area contributed by atoms with Crippen LogP contribution in [0.5, 0.6) is 0 Å². The van der Waals surface area contributed by atoms with Crippen molar-refractivity contribution in [2.45, 2.75) is 13.5 Å². The minimum absolute atomic E-state index is 0.169. The molecule has 0 atom stereocenters. The summed E-state index contributed by atoms with van der Waals surface area (Å²) in [5.41, 5.74) is 0.463. The van der Waals surface area contributed by atoms with E-state index in [0.717, 1.165) is 23.8 Å². The predicted molar refractivity (Wildman–Crippen MR) is 85.0 cm³/mol. The average molecular weight is 331 g/mol. The van der Waals surface area contributed by atoms with Gasteiger partial charge in [0.25, 0.3) is 11.6 Å². The van der Waals surface area contributed by atoms with Crippen LogP contribution in [0.3, 0.4) is 0 Å². The number of anilines is 1. The molecule has 7 nitrogen and oxygen atoms in total. The fourth-order valence-corrected chi connectivity index (χ4v) is 1.92. The van der Waals surface area contributed by atoms with Gasteiger partial charge in [-0.25, -0.2) is 4.39 Å². The Labute approximate surface area is 136 Å². The molecule has 24 heavy (non-hydrogen) atoms. The van der Waals surface area contributed by atoms with Crippen LogP contribution in [0.2, 0.25) is 0 Å². The van der Waals surface area contributed by atoms with Crippen LogP contribution in [-0.2, 0) is 11.3 Å². The monoisotopic (exact) mass is 331 g/mol. The van der Waals surface area contributed by atoms with Gasteiger partial charge in [-0.3, -0.25) is 19.7 Å². The van der Waals surface area contributed by atoms with Gasteiger partial charge in [0.2, 0.25) is 5.91 Å². The van der Waals surface area contributed by atoms with Crippen molar-refractivity contribution < 1.29 is 18.9 Å². The summed E-state index contributed by atoms with van der Waals surface area (Å²) in [7, 11) is 0. The first-order valence-electron chi connectivity index (χ1n) is 6.95. The highest BCUT2D eigenvalue weighted by Gasteiger charge is 2.14. The van der Waals surface area contributed by atoms with E-state index in [0.29, 0.717) is 6.54 Å². The van der Waals surface area contributed by atoms with Crippen LogP contribution < -0.4 is 10.6 Å². The molecule has 2 N–H and O–H groups in total. The Kier molecular flexibility index (Phi) is 5.20. The summed E-state index contributed by atoms with van der Waals surface area (Å²) < 4.78 is 13.7. The highest BCUT2D eigenvalue weighted by molar-refractivity contribution is 6.04. The van der Waals surface area contributed by atoms with Crippen LogP contribution in [0.25, 0.3) is 0 Å². The largest absolute Gasteiger partial charge is 0.352 e. The Hall–Kier alpha value is -3.29. The lowest BCUT2D eigenvalue weighted by Gasteiger charge is -2.07. The van der Waals surface area contributed by atoms with Gasteiger partial charge in [0.1, 0.15) is 5.82 Å². The second-order valence-electron chi connectivity index (χ2n) is 4.98. The molecule has 0 fully saturated rings. The molecule has 0 bridgehead atoms. The number of nitro benzene ring substituents is 1.